The van der Waals surface area contributed by atoms with Crippen LogP contribution in [0.4, 0.5) is 5.69 Å². The molecule has 1 unspecified atom stereocenters. The second-order valence-electron chi connectivity index (χ2n) is 5.61. The van der Waals surface area contributed by atoms with E-state index in [2.05, 4.69) is 15.5 Å². The Bertz CT molecular complexity index is 821. The van der Waals surface area contributed by atoms with E-state index >= 15 is 0 Å². The molecule has 7 heteroatoms. The summed E-state index contributed by atoms with van der Waals surface area (Å²) in [6, 6.07) is 9.13. The number of nitrogens with zero attached hydrogens (tertiary/aromatic N) is 4. The van der Waals surface area contributed by atoms with E-state index in [0.29, 0.717) is 17.3 Å². The van der Waals surface area contributed by atoms with E-state index in [-0.39, 0.29) is 5.91 Å². The second kappa shape index (κ2) is 6.88. The summed E-state index contributed by atoms with van der Waals surface area (Å²) in [4.78, 5) is 12.4. The van der Waals surface area contributed by atoms with Crippen LogP contribution in [0.2, 0.25) is 5.02 Å². The molecule has 0 aliphatic carbocycles. The van der Waals surface area contributed by atoms with E-state index in [1.165, 1.54) is 0 Å². The lowest BCUT2D eigenvalue weighted by atomic mass is 10.2. The van der Waals surface area contributed by atoms with Crippen molar-refractivity contribution in [3.8, 4) is 0 Å². The van der Waals surface area contributed by atoms with Crippen molar-refractivity contribution >= 4 is 23.2 Å². The Kier molecular flexibility index (Phi) is 4.66. The van der Waals surface area contributed by atoms with Gasteiger partial charge >= 0.3 is 0 Å². The van der Waals surface area contributed by atoms with Crippen molar-refractivity contribution in [2.45, 2.75) is 26.4 Å². The van der Waals surface area contributed by atoms with Crippen LogP contribution in [-0.2, 0) is 11.3 Å². The van der Waals surface area contributed by atoms with Gasteiger partial charge in [0.2, 0.25) is 5.91 Å². The van der Waals surface area contributed by atoms with E-state index in [4.69, 9.17) is 11.6 Å². The first-order valence-electron chi connectivity index (χ1n) is 7.61. The van der Waals surface area contributed by atoms with Crippen molar-refractivity contribution in [1.82, 2.24) is 19.6 Å². The number of anilines is 1. The smallest absolute Gasteiger partial charge is 0.248 e. The highest BCUT2D eigenvalue weighted by Gasteiger charge is 2.17. The monoisotopic (exact) mass is 343 g/mol. The zero-order valence-corrected chi connectivity index (χ0v) is 14.2. The van der Waals surface area contributed by atoms with Gasteiger partial charge in [0.15, 0.2) is 0 Å². The molecule has 2 aromatic heterocycles. The molecule has 0 saturated heterocycles. The number of benzene rings is 1. The summed E-state index contributed by atoms with van der Waals surface area (Å²) in [5, 5.41) is 11.9. The fourth-order valence-corrected chi connectivity index (χ4v) is 2.49. The Morgan fingerprint density at radius 2 is 2.21 bits per heavy atom. The lowest BCUT2D eigenvalue weighted by Crippen LogP contribution is -2.24. The summed E-state index contributed by atoms with van der Waals surface area (Å²) < 4.78 is 3.40. The normalized spacial score (nSPS) is 12.1. The lowest BCUT2D eigenvalue weighted by Gasteiger charge is -2.13. The molecule has 2 heterocycles. The highest BCUT2D eigenvalue weighted by Crippen LogP contribution is 2.18. The van der Waals surface area contributed by atoms with E-state index in [9.17, 15) is 4.79 Å². The van der Waals surface area contributed by atoms with Gasteiger partial charge in [-0.3, -0.25) is 14.2 Å². The Balaban J connectivity index is 1.69. The first-order chi connectivity index (χ1) is 11.5. The van der Waals surface area contributed by atoms with Crippen LogP contribution < -0.4 is 5.32 Å². The molecule has 124 valence electrons. The molecule has 1 atom stereocenters. The van der Waals surface area contributed by atoms with Gasteiger partial charge in [-0.15, -0.1) is 0 Å². The average molecular weight is 344 g/mol. The van der Waals surface area contributed by atoms with Crippen LogP contribution in [0.15, 0.2) is 48.9 Å². The summed E-state index contributed by atoms with van der Waals surface area (Å²) in [7, 11) is 0. The highest BCUT2D eigenvalue weighted by molar-refractivity contribution is 6.31. The SMILES string of the molecule is Cc1nn(C(C)C(=O)Nc2cccc(Cn3cccn3)c2)cc1Cl. The van der Waals surface area contributed by atoms with Gasteiger partial charge in [-0.2, -0.15) is 10.2 Å². The Morgan fingerprint density at radius 3 is 2.88 bits per heavy atom. The summed E-state index contributed by atoms with van der Waals surface area (Å²) in [6.07, 6.45) is 5.30. The molecule has 0 aliphatic rings. The van der Waals surface area contributed by atoms with Crippen LogP contribution in [0.1, 0.15) is 24.2 Å². The maximum absolute atomic E-state index is 12.4. The van der Waals surface area contributed by atoms with E-state index in [0.717, 1.165) is 11.3 Å². The predicted molar refractivity (Wildman–Crippen MR) is 93.1 cm³/mol. The summed E-state index contributed by atoms with van der Waals surface area (Å²) in [5.74, 6) is -0.148. The molecule has 3 aromatic rings. The van der Waals surface area contributed by atoms with Gasteiger partial charge in [0, 0.05) is 24.3 Å². The molecular formula is C17H18ClN5O. The number of halogens is 1. The second-order valence-corrected chi connectivity index (χ2v) is 6.02. The number of carbonyl (C=O) groups is 1. The number of hydrogen-bond acceptors (Lipinski definition) is 3. The molecule has 0 fully saturated rings. The molecule has 0 saturated carbocycles. The van der Waals surface area contributed by atoms with Crippen LogP contribution >= 0.6 is 11.6 Å². The third kappa shape index (κ3) is 3.65. The molecular weight excluding hydrogens is 326 g/mol. The summed E-state index contributed by atoms with van der Waals surface area (Å²) in [6.45, 7) is 4.24. The Morgan fingerprint density at radius 1 is 1.38 bits per heavy atom. The van der Waals surface area contributed by atoms with Crippen LogP contribution in [0.25, 0.3) is 0 Å². The quantitative estimate of drug-likeness (QED) is 0.773. The van der Waals surface area contributed by atoms with Gasteiger partial charge in [-0.1, -0.05) is 23.7 Å². The topological polar surface area (TPSA) is 64.7 Å². The van der Waals surface area contributed by atoms with Gasteiger partial charge < -0.3 is 5.32 Å². The van der Waals surface area contributed by atoms with Gasteiger partial charge in [-0.25, -0.2) is 0 Å². The van der Waals surface area contributed by atoms with Crippen LogP contribution in [-0.4, -0.2) is 25.5 Å². The van der Waals surface area contributed by atoms with Crippen molar-refractivity contribution in [3.63, 3.8) is 0 Å². The number of nitrogens with one attached hydrogen (secondary N) is 1. The minimum Gasteiger partial charge on any atom is -0.324 e. The van der Waals surface area contributed by atoms with Gasteiger partial charge in [0.05, 0.1) is 17.3 Å². The third-order valence-corrected chi connectivity index (χ3v) is 4.10. The van der Waals surface area contributed by atoms with Crippen LogP contribution in [0.5, 0.6) is 0 Å². The minimum absolute atomic E-state index is 0.148. The van der Waals surface area contributed by atoms with E-state index in [1.807, 2.05) is 48.1 Å². The van der Waals surface area contributed by atoms with Crippen molar-refractivity contribution < 1.29 is 4.79 Å². The Hall–Kier alpha value is -2.60. The first kappa shape index (κ1) is 16.3. The summed E-state index contributed by atoms with van der Waals surface area (Å²) in [5.41, 5.74) is 2.51. The maximum Gasteiger partial charge on any atom is 0.248 e. The predicted octanol–water partition coefficient (Wildman–Crippen LogP) is 3.29. The maximum atomic E-state index is 12.4. The molecule has 1 aromatic carbocycles. The van der Waals surface area contributed by atoms with Gasteiger partial charge in [0.1, 0.15) is 6.04 Å². The van der Waals surface area contributed by atoms with Crippen molar-refractivity contribution in [3.05, 3.63) is 65.2 Å². The highest BCUT2D eigenvalue weighted by atomic mass is 35.5. The van der Waals surface area contributed by atoms with Gasteiger partial charge in [-0.05, 0) is 37.6 Å². The third-order valence-electron chi connectivity index (χ3n) is 3.73. The van der Waals surface area contributed by atoms with Gasteiger partial charge in [0.25, 0.3) is 0 Å². The first-order valence-corrected chi connectivity index (χ1v) is 7.99. The molecule has 6 nitrogen and oxygen atoms in total. The molecule has 24 heavy (non-hydrogen) atoms. The number of hydrogen-bond donors (Lipinski definition) is 1. The molecule has 1 amide bonds. The standard InChI is InChI=1S/C17H18ClN5O/c1-12-16(18)11-23(21-12)13(2)17(24)20-15-6-3-5-14(9-15)10-22-8-4-7-19-22/h3-9,11,13H,10H2,1-2H3,(H,20,24). The number of aromatic nitrogens is 4. The molecule has 0 radical (unpaired) electrons. The number of amides is 1. The number of rotatable bonds is 5. The number of aryl methyl sites for hydroxylation is 1. The molecule has 0 aliphatic heterocycles. The average Bonchev–Trinajstić information content (AvgIpc) is 3.17. The molecule has 0 bridgehead atoms. The molecule has 0 spiro atoms. The Labute approximate surface area is 145 Å². The fourth-order valence-electron chi connectivity index (χ4n) is 2.35. The van der Waals surface area contributed by atoms with Crippen molar-refractivity contribution in [1.29, 1.82) is 0 Å². The summed E-state index contributed by atoms with van der Waals surface area (Å²) >= 11 is 6.00. The zero-order chi connectivity index (χ0) is 17.1. The fraction of sp³-hybridized carbons (Fsp3) is 0.235. The lowest BCUT2D eigenvalue weighted by molar-refractivity contribution is -0.119. The minimum atomic E-state index is -0.453. The number of carbonyl (C=O) groups excluding carboxylic acids is 1. The van der Waals surface area contributed by atoms with Crippen LogP contribution in [0.3, 0.4) is 0 Å². The molecule has 3 rings (SSSR count). The zero-order valence-electron chi connectivity index (χ0n) is 13.5. The van der Waals surface area contributed by atoms with Crippen molar-refractivity contribution in [2.75, 3.05) is 5.32 Å². The van der Waals surface area contributed by atoms with E-state index in [1.54, 1.807) is 24.0 Å². The van der Waals surface area contributed by atoms with E-state index < -0.39 is 6.04 Å². The molecule has 1 N–H and O–H groups in total. The van der Waals surface area contributed by atoms with Crippen LogP contribution in [0, 0.1) is 6.92 Å². The van der Waals surface area contributed by atoms with Crippen molar-refractivity contribution in [2.24, 2.45) is 0 Å². The largest absolute Gasteiger partial charge is 0.324 e.